The van der Waals surface area contributed by atoms with E-state index >= 15 is 0 Å². The van der Waals surface area contributed by atoms with Crippen LogP contribution in [0.4, 0.5) is 0 Å². The average molecular weight is 226 g/mol. The minimum Gasteiger partial charge on any atom is -0.323 e. The zero-order chi connectivity index (χ0) is 12.3. The van der Waals surface area contributed by atoms with Crippen LogP contribution in [0.2, 0.25) is 0 Å². The number of nitrogens with one attached hydrogen (secondary N) is 1. The number of rotatable bonds is 5. The molecule has 0 aromatic carbocycles. The van der Waals surface area contributed by atoms with Gasteiger partial charge in [0.05, 0.1) is 12.2 Å². The molecule has 1 N–H and O–H groups in total. The maximum atomic E-state index is 12.0. The van der Waals surface area contributed by atoms with Crippen LogP contribution in [-0.4, -0.2) is 29.1 Å². The molecule has 1 rings (SSSR count). The van der Waals surface area contributed by atoms with Crippen molar-refractivity contribution in [2.75, 3.05) is 0 Å². The lowest BCUT2D eigenvalue weighted by molar-refractivity contribution is -0.131. The molecule has 3 atom stereocenters. The van der Waals surface area contributed by atoms with Gasteiger partial charge in [-0.25, -0.2) is 0 Å². The third kappa shape index (κ3) is 2.97. The van der Waals surface area contributed by atoms with Gasteiger partial charge in [0.15, 0.2) is 0 Å². The van der Waals surface area contributed by atoms with Crippen molar-refractivity contribution in [2.24, 2.45) is 5.92 Å². The summed E-state index contributed by atoms with van der Waals surface area (Å²) >= 11 is 0. The van der Waals surface area contributed by atoms with E-state index in [9.17, 15) is 4.79 Å². The predicted molar refractivity (Wildman–Crippen MR) is 67.1 cm³/mol. The molecule has 16 heavy (non-hydrogen) atoms. The van der Waals surface area contributed by atoms with Crippen LogP contribution in [0.3, 0.4) is 0 Å². The van der Waals surface area contributed by atoms with Crippen LogP contribution in [0, 0.1) is 5.92 Å². The summed E-state index contributed by atoms with van der Waals surface area (Å²) in [6.45, 7) is 10.7. The topological polar surface area (TPSA) is 32.3 Å². The number of nitrogens with zero attached hydrogens (tertiary/aromatic N) is 1. The summed E-state index contributed by atoms with van der Waals surface area (Å²) in [7, 11) is 0. The van der Waals surface area contributed by atoms with Crippen LogP contribution in [0.25, 0.3) is 0 Å². The fourth-order valence-electron chi connectivity index (χ4n) is 2.37. The highest BCUT2D eigenvalue weighted by molar-refractivity contribution is 5.84. The van der Waals surface area contributed by atoms with E-state index in [1.54, 1.807) is 0 Å². The standard InChI is InChI=1S/C13H26N2O/c1-6-12-14-11(5)13(16)15(12)10(4)8-7-9(2)3/h9-12,14H,6-8H2,1-5H3. The number of carbonyl (C=O) groups is 1. The van der Waals surface area contributed by atoms with Gasteiger partial charge in [0.2, 0.25) is 5.91 Å². The fourth-order valence-corrected chi connectivity index (χ4v) is 2.37. The second kappa shape index (κ2) is 5.67. The molecule has 0 radical (unpaired) electrons. The van der Waals surface area contributed by atoms with Crippen LogP contribution in [0.1, 0.15) is 53.9 Å². The van der Waals surface area contributed by atoms with Crippen molar-refractivity contribution in [1.82, 2.24) is 10.2 Å². The Morgan fingerprint density at radius 2 is 1.94 bits per heavy atom. The van der Waals surface area contributed by atoms with Gasteiger partial charge in [-0.2, -0.15) is 0 Å². The maximum absolute atomic E-state index is 12.0. The van der Waals surface area contributed by atoms with E-state index in [0.717, 1.165) is 12.8 Å². The molecule has 0 bridgehead atoms. The molecule has 3 nitrogen and oxygen atoms in total. The first kappa shape index (κ1) is 13.5. The summed E-state index contributed by atoms with van der Waals surface area (Å²) in [5, 5.41) is 3.35. The van der Waals surface area contributed by atoms with Gasteiger partial charge in [-0.3, -0.25) is 10.1 Å². The van der Waals surface area contributed by atoms with Crippen LogP contribution < -0.4 is 5.32 Å². The monoisotopic (exact) mass is 226 g/mol. The van der Waals surface area contributed by atoms with Crippen molar-refractivity contribution >= 4 is 5.91 Å². The van der Waals surface area contributed by atoms with E-state index in [-0.39, 0.29) is 18.1 Å². The Labute approximate surface area is 99.6 Å². The van der Waals surface area contributed by atoms with Gasteiger partial charge in [-0.05, 0) is 39.0 Å². The summed E-state index contributed by atoms with van der Waals surface area (Å²) in [5.74, 6) is 0.980. The average Bonchev–Trinajstić information content (AvgIpc) is 2.51. The molecule has 1 aliphatic rings. The van der Waals surface area contributed by atoms with Crippen molar-refractivity contribution in [3.05, 3.63) is 0 Å². The first-order valence-corrected chi connectivity index (χ1v) is 6.55. The molecule has 1 heterocycles. The predicted octanol–water partition coefficient (Wildman–Crippen LogP) is 2.37. The number of hydrogen-bond donors (Lipinski definition) is 1. The van der Waals surface area contributed by atoms with E-state index in [1.165, 1.54) is 6.42 Å². The molecule has 0 aromatic heterocycles. The third-order valence-corrected chi connectivity index (χ3v) is 3.43. The second-order valence-electron chi connectivity index (χ2n) is 5.38. The quantitative estimate of drug-likeness (QED) is 0.780. The highest BCUT2D eigenvalue weighted by atomic mass is 16.2. The fraction of sp³-hybridized carbons (Fsp3) is 0.923. The molecular formula is C13H26N2O. The van der Waals surface area contributed by atoms with Crippen LogP contribution in [0.15, 0.2) is 0 Å². The molecule has 1 amide bonds. The molecule has 94 valence electrons. The van der Waals surface area contributed by atoms with E-state index in [4.69, 9.17) is 0 Å². The largest absolute Gasteiger partial charge is 0.323 e. The minimum absolute atomic E-state index is 0.00792. The van der Waals surface area contributed by atoms with Crippen molar-refractivity contribution < 1.29 is 4.79 Å². The summed E-state index contributed by atoms with van der Waals surface area (Å²) < 4.78 is 0. The van der Waals surface area contributed by atoms with Crippen molar-refractivity contribution in [3.63, 3.8) is 0 Å². The summed E-state index contributed by atoms with van der Waals surface area (Å²) in [6, 6.07) is 0.351. The van der Waals surface area contributed by atoms with Crippen LogP contribution >= 0.6 is 0 Å². The van der Waals surface area contributed by atoms with Gasteiger partial charge < -0.3 is 4.90 Å². The lowest BCUT2D eigenvalue weighted by Gasteiger charge is -2.30. The minimum atomic E-state index is -0.00792. The summed E-state index contributed by atoms with van der Waals surface area (Å²) in [5.41, 5.74) is 0. The molecule has 0 spiro atoms. The number of amides is 1. The van der Waals surface area contributed by atoms with E-state index in [0.29, 0.717) is 12.0 Å². The molecule has 0 aromatic rings. The summed E-state index contributed by atoms with van der Waals surface area (Å²) in [6.07, 6.45) is 3.52. The normalized spacial score (nSPS) is 27.9. The molecule has 1 fully saturated rings. The van der Waals surface area contributed by atoms with Gasteiger partial charge in [-0.15, -0.1) is 0 Å². The highest BCUT2D eigenvalue weighted by Crippen LogP contribution is 2.20. The van der Waals surface area contributed by atoms with E-state index in [1.807, 2.05) is 11.8 Å². The summed E-state index contributed by atoms with van der Waals surface area (Å²) in [4.78, 5) is 14.1. The zero-order valence-electron chi connectivity index (χ0n) is 11.3. The smallest absolute Gasteiger partial charge is 0.240 e. The first-order valence-electron chi connectivity index (χ1n) is 6.55. The Morgan fingerprint density at radius 3 is 2.44 bits per heavy atom. The second-order valence-corrected chi connectivity index (χ2v) is 5.38. The molecular weight excluding hydrogens is 200 g/mol. The zero-order valence-corrected chi connectivity index (χ0v) is 11.3. The molecule has 3 heteroatoms. The van der Waals surface area contributed by atoms with E-state index < -0.39 is 0 Å². The Bertz CT molecular complexity index is 240. The lowest BCUT2D eigenvalue weighted by Crippen LogP contribution is -2.43. The Hall–Kier alpha value is -0.570. The van der Waals surface area contributed by atoms with Gasteiger partial charge in [0.25, 0.3) is 0 Å². The van der Waals surface area contributed by atoms with Gasteiger partial charge >= 0.3 is 0 Å². The molecule has 1 aliphatic heterocycles. The lowest BCUT2D eigenvalue weighted by atomic mass is 10.0. The Kier molecular flexibility index (Phi) is 4.78. The van der Waals surface area contributed by atoms with Gasteiger partial charge in [-0.1, -0.05) is 20.8 Å². The third-order valence-electron chi connectivity index (χ3n) is 3.43. The maximum Gasteiger partial charge on any atom is 0.240 e. The molecule has 1 saturated heterocycles. The van der Waals surface area contributed by atoms with Gasteiger partial charge in [0, 0.05) is 6.04 Å². The van der Waals surface area contributed by atoms with Crippen molar-refractivity contribution in [3.8, 4) is 0 Å². The van der Waals surface area contributed by atoms with Crippen LogP contribution in [0.5, 0.6) is 0 Å². The SMILES string of the molecule is CCC1NC(C)C(=O)N1C(C)CCC(C)C. The molecule has 3 unspecified atom stereocenters. The first-order chi connectivity index (χ1) is 7.47. The van der Waals surface area contributed by atoms with E-state index in [2.05, 4.69) is 33.0 Å². The van der Waals surface area contributed by atoms with Crippen LogP contribution in [-0.2, 0) is 4.79 Å². The Balaban J connectivity index is 2.58. The van der Waals surface area contributed by atoms with Crippen molar-refractivity contribution in [2.45, 2.75) is 72.1 Å². The number of carbonyl (C=O) groups excluding carboxylic acids is 1. The molecule has 0 saturated carbocycles. The van der Waals surface area contributed by atoms with Gasteiger partial charge in [0.1, 0.15) is 0 Å². The Morgan fingerprint density at radius 1 is 1.31 bits per heavy atom. The highest BCUT2D eigenvalue weighted by Gasteiger charge is 2.37. The van der Waals surface area contributed by atoms with Crippen molar-refractivity contribution in [1.29, 1.82) is 0 Å². The molecule has 0 aliphatic carbocycles. The number of hydrogen-bond acceptors (Lipinski definition) is 2.